The number of benzene rings is 1. The first kappa shape index (κ1) is 14.0. The van der Waals surface area contributed by atoms with Crippen LogP contribution in [0.1, 0.15) is 22.7 Å². The first-order valence-electron chi connectivity index (χ1n) is 6.24. The lowest BCUT2D eigenvalue weighted by Crippen LogP contribution is -2.21. The summed E-state index contributed by atoms with van der Waals surface area (Å²) in [5.41, 5.74) is 10.5. The smallest absolute Gasteiger partial charge is 0.0653 e. The predicted octanol–water partition coefficient (Wildman–Crippen LogP) is 3.57. The molecule has 0 saturated carbocycles. The average Bonchev–Trinajstić information content (AvgIpc) is 2.36. The largest absolute Gasteiger partial charge is 0.377 e. The number of nitrogens with two attached hydrogens (primary N) is 1. The molecule has 1 atom stereocenters. The molecule has 0 fully saturated rings. The monoisotopic (exact) mass is 319 g/mol. The quantitative estimate of drug-likeness (QED) is 0.905. The predicted molar refractivity (Wildman–Crippen MR) is 83.3 cm³/mol. The highest BCUT2D eigenvalue weighted by Crippen LogP contribution is 2.24. The Labute approximate surface area is 122 Å². The molecule has 0 aliphatic carbocycles. The van der Waals surface area contributed by atoms with E-state index >= 15 is 0 Å². The van der Waals surface area contributed by atoms with Crippen LogP contribution in [-0.4, -0.2) is 11.5 Å². The molecule has 1 heterocycles. The third-order valence-corrected chi connectivity index (χ3v) is 3.53. The topological polar surface area (TPSA) is 50.9 Å². The fourth-order valence-electron chi connectivity index (χ4n) is 2.13. The summed E-state index contributed by atoms with van der Waals surface area (Å²) in [5, 5.41) is 3.47. The van der Waals surface area contributed by atoms with Gasteiger partial charge in [0, 0.05) is 29.1 Å². The van der Waals surface area contributed by atoms with Gasteiger partial charge in [0.15, 0.2) is 0 Å². The molecule has 0 aliphatic heterocycles. The molecular formula is C15H18BrN3. The van der Waals surface area contributed by atoms with E-state index in [9.17, 15) is 0 Å². The van der Waals surface area contributed by atoms with Gasteiger partial charge in [-0.1, -0.05) is 15.9 Å². The summed E-state index contributed by atoms with van der Waals surface area (Å²) in [4.78, 5) is 4.19. The summed E-state index contributed by atoms with van der Waals surface area (Å²) in [5.74, 6) is 0. The van der Waals surface area contributed by atoms with Crippen LogP contribution in [0.2, 0.25) is 0 Å². The van der Waals surface area contributed by atoms with Gasteiger partial charge in [-0.25, -0.2) is 0 Å². The summed E-state index contributed by atoms with van der Waals surface area (Å²) < 4.78 is 1.06. The Hall–Kier alpha value is -1.39. The van der Waals surface area contributed by atoms with E-state index in [0.717, 1.165) is 15.7 Å². The number of aromatic nitrogens is 1. The molecule has 0 spiro atoms. The van der Waals surface area contributed by atoms with E-state index in [0.29, 0.717) is 6.54 Å². The third-order valence-electron chi connectivity index (χ3n) is 3.07. The van der Waals surface area contributed by atoms with E-state index in [1.54, 1.807) is 6.20 Å². The van der Waals surface area contributed by atoms with Gasteiger partial charge in [0.2, 0.25) is 0 Å². The van der Waals surface area contributed by atoms with Crippen LogP contribution in [0.15, 0.2) is 41.1 Å². The van der Waals surface area contributed by atoms with Crippen molar-refractivity contribution in [2.45, 2.75) is 19.9 Å². The molecule has 1 aromatic heterocycles. The molecule has 1 unspecified atom stereocenters. The van der Waals surface area contributed by atoms with Gasteiger partial charge in [-0.15, -0.1) is 0 Å². The van der Waals surface area contributed by atoms with Crippen molar-refractivity contribution in [2.24, 2.45) is 5.73 Å². The maximum Gasteiger partial charge on any atom is 0.0653 e. The lowest BCUT2D eigenvalue weighted by Gasteiger charge is -2.20. The normalized spacial score (nSPS) is 12.2. The van der Waals surface area contributed by atoms with E-state index < -0.39 is 0 Å². The number of pyridine rings is 1. The Kier molecular flexibility index (Phi) is 4.56. The van der Waals surface area contributed by atoms with Crippen LogP contribution >= 0.6 is 15.9 Å². The zero-order valence-electron chi connectivity index (χ0n) is 11.2. The molecule has 100 valence electrons. The maximum atomic E-state index is 5.90. The Morgan fingerprint density at radius 2 is 2.11 bits per heavy atom. The minimum absolute atomic E-state index is 0.0717. The number of nitrogens with one attached hydrogen (secondary N) is 1. The Bertz CT molecular complexity index is 549. The number of rotatable bonds is 4. The molecule has 0 aliphatic rings. The fraction of sp³-hybridized carbons (Fsp3) is 0.267. The van der Waals surface area contributed by atoms with E-state index in [4.69, 9.17) is 5.73 Å². The molecule has 0 bridgehead atoms. The molecule has 3 N–H and O–H groups in total. The van der Waals surface area contributed by atoms with E-state index in [1.807, 2.05) is 12.3 Å². The van der Waals surface area contributed by atoms with Gasteiger partial charge < -0.3 is 11.1 Å². The van der Waals surface area contributed by atoms with Gasteiger partial charge in [-0.05, 0) is 54.8 Å². The van der Waals surface area contributed by atoms with Crippen LogP contribution in [0, 0.1) is 13.8 Å². The molecule has 1 aromatic carbocycles. The van der Waals surface area contributed by atoms with Crippen molar-refractivity contribution in [2.75, 3.05) is 11.9 Å². The fourth-order valence-corrected chi connectivity index (χ4v) is 2.73. The van der Waals surface area contributed by atoms with Crippen LogP contribution in [0.5, 0.6) is 0 Å². The summed E-state index contributed by atoms with van der Waals surface area (Å²) in [6.45, 7) is 4.67. The van der Waals surface area contributed by atoms with Gasteiger partial charge >= 0.3 is 0 Å². The summed E-state index contributed by atoms with van der Waals surface area (Å²) in [7, 11) is 0. The average molecular weight is 320 g/mol. The number of aryl methyl sites for hydroxylation is 2. The standard InChI is InChI=1S/C15H18BrN3/c1-10-5-12(16)7-13(6-10)19-15(8-17)14-9-18-4-3-11(14)2/h3-7,9,15,19H,8,17H2,1-2H3. The number of anilines is 1. The summed E-state index contributed by atoms with van der Waals surface area (Å²) >= 11 is 3.51. The van der Waals surface area contributed by atoms with Crippen LogP contribution < -0.4 is 11.1 Å². The molecule has 0 radical (unpaired) electrons. The first-order valence-corrected chi connectivity index (χ1v) is 7.03. The highest BCUT2D eigenvalue weighted by molar-refractivity contribution is 9.10. The van der Waals surface area contributed by atoms with Gasteiger partial charge in [-0.2, -0.15) is 0 Å². The molecule has 2 aromatic rings. The molecule has 2 rings (SSSR count). The van der Waals surface area contributed by atoms with E-state index in [-0.39, 0.29) is 6.04 Å². The van der Waals surface area contributed by atoms with Crippen molar-refractivity contribution in [1.29, 1.82) is 0 Å². The van der Waals surface area contributed by atoms with Gasteiger partial charge in [0.25, 0.3) is 0 Å². The Morgan fingerprint density at radius 1 is 1.32 bits per heavy atom. The third kappa shape index (κ3) is 3.55. The van der Waals surface area contributed by atoms with Crippen LogP contribution in [0.3, 0.4) is 0 Å². The number of halogens is 1. The van der Waals surface area contributed by atoms with Crippen molar-refractivity contribution < 1.29 is 0 Å². The summed E-state index contributed by atoms with van der Waals surface area (Å²) in [6, 6.07) is 8.33. The Balaban J connectivity index is 2.26. The molecule has 0 amide bonds. The second-order valence-electron chi connectivity index (χ2n) is 4.68. The second-order valence-corrected chi connectivity index (χ2v) is 5.60. The number of hydrogen-bond acceptors (Lipinski definition) is 3. The molecule has 19 heavy (non-hydrogen) atoms. The van der Waals surface area contributed by atoms with Gasteiger partial charge in [0.05, 0.1) is 6.04 Å². The van der Waals surface area contributed by atoms with E-state index in [2.05, 4.69) is 58.3 Å². The van der Waals surface area contributed by atoms with Crippen molar-refractivity contribution in [1.82, 2.24) is 4.98 Å². The molecule has 0 saturated heterocycles. The zero-order chi connectivity index (χ0) is 13.8. The van der Waals surface area contributed by atoms with Crippen molar-refractivity contribution in [3.8, 4) is 0 Å². The van der Waals surface area contributed by atoms with Crippen molar-refractivity contribution >= 4 is 21.6 Å². The number of nitrogens with zero attached hydrogens (tertiary/aromatic N) is 1. The lowest BCUT2D eigenvalue weighted by molar-refractivity contribution is 0.778. The van der Waals surface area contributed by atoms with Crippen molar-refractivity contribution in [3.05, 3.63) is 57.8 Å². The maximum absolute atomic E-state index is 5.90. The SMILES string of the molecule is Cc1cc(Br)cc(NC(CN)c2cnccc2C)c1. The molecular weight excluding hydrogens is 302 g/mol. The minimum Gasteiger partial charge on any atom is -0.377 e. The minimum atomic E-state index is 0.0717. The first-order chi connectivity index (χ1) is 9.10. The zero-order valence-corrected chi connectivity index (χ0v) is 12.7. The Morgan fingerprint density at radius 3 is 2.74 bits per heavy atom. The lowest BCUT2D eigenvalue weighted by atomic mass is 10.0. The molecule has 4 heteroatoms. The van der Waals surface area contributed by atoms with Crippen molar-refractivity contribution in [3.63, 3.8) is 0 Å². The van der Waals surface area contributed by atoms with Gasteiger partial charge in [-0.3, -0.25) is 4.98 Å². The number of hydrogen-bond donors (Lipinski definition) is 2. The van der Waals surface area contributed by atoms with Crippen LogP contribution in [-0.2, 0) is 0 Å². The van der Waals surface area contributed by atoms with Gasteiger partial charge in [0.1, 0.15) is 0 Å². The van der Waals surface area contributed by atoms with Crippen LogP contribution in [0.4, 0.5) is 5.69 Å². The molecule has 3 nitrogen and oxygen atoms in total. The summed E-state index contributed by atoms with van der Waals surface area (Å²) in [6.07, 6.45) is 3.68. The van der Waals surface area contributed by atoms with Crippen LogP contribution in [0.25, 0.3) is 0 Å². The van der Waals surface area contributed by atoms with E-state index in [1.165, 1.54) is 11.1 Å². The second kappa shape index (κ2) is 6.17. The highest BCUT2D eigenvalue weighted by atomic mass is 79.9. The highest BCUT2D eigenvalue weighted by Gasteiger charge is 2.12.